The number of benzene rings is 1. The fourth-order valence-corrected chi connectivity index (χ4v) is 3.01. The first-order valence-electron chi connectivity index (χ1n) is 11.3. The van der Waals surface area contributed by atoms with Crippen molar-refractivity contribution < 1.29 is 28.6 Å². The van der Waals surface area contributed by atoms with Crippen molar-refractivity contribution in [1.29, 1.82) is 0 Å². The summed E-state index contributed by atoms with van der Waals surface area (Å²) in [4.78, 5) is 39.0. The highest BCUT2D eigenvalue weighted by molar-refractivity contribution is 5.78. The van der Waals surface area contributed by atoms with E-state index in [-0.39, 0.29) is 25.6 Å². The van der Waals surface area contributed by atoms with Gasteiger partial charge >= 0.3 is 18.2 Å². The van der Waals surface area contributed by atoms with Crippen LogP contribution in [0, 0.1) is 5.92 Å². The van der Waals surface area contributed by atoms with E-state index < -0.39 is 35.4 Å². The molecule has 0 saturated heterocycles. The van der Waals surface area contributed by atoms with Gasteiger partial charge in [0.1, 0.15) is 24.4 Å². The lowest BCUT2D eigenvalue weighted by molar-refractivity contribution is -0.156. The molecule has 0 radical (unpaired) electrons. The molecule has 0 heterocycles. The van der Waals surface area contributed by atoms with E-state index in [1.54, 1.807) is 41.5 Å². The average molecular weight is 465 g/mol. The summed E-state index contributed by atoms with van der Waals surface area (Å²) >= 11 is 0. The second kappa shape index (κ2) is 12.5. The second-order valence-electron chi connectivity index (χ2n) is 10.5. The number of amides is 2. The van der Waals surface area contributed by atoms with E-state index >= 15 is 0 Å². The normalized spacial score (nSPS) is 12.6. The molecular formula is C25H40N2O6. The average Bonchev–Trinajstić information content (AvgIpc) is 2.63. The maximum atomic E-state index is 12.8. The zero-order valence-electron chi connectivity index (χ0n) is 21.3. The van der Waals surface area contributed by atoms with Crippen LogP contribution >= 0.6 is 0 Å². The third-order valence-corrected chi connectivity index (χ3v) is 4.12. The molecule has 1 aromatic carbocycles. The number of alkyl carbamates (subject to hydrolysis) is 1. The van der Waals surface area contributed by atoms with E-state index in [0.29, 0.717) is 6.42 Å². The van der Waals surface area contributed by atoms with Gasteiger partial charge in [-0.2, -0.15) is 0 Å². The SMILES string of the molecule is CC(C)C[C@@H](CN(CC(=O)OC(C)(C)C)C(=O)OC(C)(C)C)NC(=O)OCc1ccccc1. The molecule has 1 atom stereocenters. The lowest BCUT2D eigenvalue weighted by Gasteiger charge is -2.31. The fourth-order valence-electron chi connectivity index (χ4n) is 3.01. The molecule has 0 fully saturated rings. The lowest BCUT2D eigenvalue weighted by atomic mass is 10.0. The maximum Gasteiger partial charge on any atom is 0.410 e. The largest absolute Gasteiger partial charge is 0.459 e. The number of carbonyl (C=O) groups excluding carboxylic acids is 3. The summed E-state index contributed by atoms with van der Waals surface area (Å²) in [5.74, 6) is -0.324. The first-order chi connectivity index (χ1) is 15.1. The van der Waals surface area contributed by atoms with Crippen LogP contribution < -0.4 is 5.32 Å². The summed E-state index contributed by atoms with van der Waals surface area (Å²) in [7, 11) is 0. The summed E-state index contributed by atoms with van der Waals surface area (Å²) in [6.07, 6.45) is -0.666. The van der Waals surface area contributed by atoms with E-state index in [4.69, 9.17) is 14.2 Å². The first-order valence-corrected chi connectivity index (χ1v) is 11.3. The van der Waals surface area contributed by atoms with E-state index in [1.807, 2.05) is 44.2 Å². The Balaban J connectivity index is 2.90. The van der Waals surface area contributed by atoms with Crippen LogP contribution in [0.25, 0.3) is 0 Å². The second-order valence-corrected chi connectivity index (χ2v) is 10.5. The van der Waals surface area contributed by atoms with Crippen molar-refractivity contribution in [3.63, 3.8) is 0 Å². The molecule has 0 bridgehead atoms. The molecule has 8 nitrogen and oxygen atoms in total. The molecular weight excluding hydrogens is 424 g/mol. The Morgan fingerprint density at radius 1 is 0.939 bits per heavy atom. The highest BCUT2D eigenvalue weighted by atomic mass is 16.6. The van der Waals surface area contributed by atoms with Gasteiger partial charge in [-0.3, -0.25) is 9.69 Å². The summed E-state index contributed by atoms with van der Waals surface area (Å²) in [6, 6.07) is 8.91. The van der Waals surface area contributed by atoms with E-state index in [1.165, 1.54) is 4.90 Å². The predicted octanol–water partition coefficient (Wildman–Crippen LogP) is 4.91. The Bertz CT molecular complexity index is 765. The number of nitrogens with one attached hydrogen (secondary N) is 1. The number of ether oxygens (including phenoxy) is 3. The Labute approximate surface area is 198 Å². The molecule has 0 aliphatic rings. The minimum absolute atomic E-state index is 0.0762. The summed E-state index contributed by atoms with van der Waals surface area (Å²) in [5.41, 5.74) is -0.555. The van der Waals surface area contributed by atoms with Crippen molar-refractivity contribution in [1.82, 2.24) is 10.2 Å². The Morgan fingerprint density at radius 3 is 2.03 bits per heavy atom. The fraction of sp³-hybridized carbons (Fsp3) is 0.640. The van der Waals surface area contributed by atoms with E-state index in [2.05, 4.69) is 5.32 Å². The molecule has 0 aromatic heterocycles. The molecule has 0 unspecified atom stereocenters. The monoisotopic (exact) mass is 464 g/mol. The molecule has 2 amide bonds. The van der Waals surface area contributed by atoms with Gasteiger partial charge < -0.3 is 19.5 Å². The molecule has 1 aromatic rings. The predicted molar refractivity (Wildman–Crippen MR) is 127 cm³/mol. The summed E-state index contributed by atoms with van der Waals surface area (Å²) < 4.78 is 16.2. The topological polar surface area (TPSA) is 94.2 Å². The van der Waals surface area contributed by atoms with Gasteiger partial charge in [-0.15, -0.1) is 0 Å². The molecule has 33 heavy (non-hydrogen) atoms. The van der Waals surface area contributed by atoms with Gasteiger partial charge in [0.25, 0.3) is 0 Å². The minimum Gasteiger partial charge on any atom is -0.459 e. The quantitative estimate of drug-likeness (QED) is 0.412. The third kappa shape index (κ3) is 13.4. The Hall–Kier alpha value is -2.77. The minimum atomic E-state index is -0.737. The van der Waals surface area contributed by atoms with Gasteiger partial charge in [0.15, 0.2) is 0 Å². The van der Waals surface area contributed by atoms with Crippen LogP contribution in [0.4, 0.5) is 9.59 Å². The van der Waals surface area contributed by atoms with E-state index in [9.17, 15) is 14.4 Å². The number of rotatable bonds is 9. The molecule has 8 heteroatoms. The molecule has 1 rings (SSSR count). The number of carbonyl (C=O) groups is 3. The van der Waals surface area contributed by atoms with Gasteiger partial charge in [-0.25, -0.2) is 9.59 Å². The molecule has 1 N–H and O–H groups in total. The first kappa shape index (κ1) is 28.3. The standard InChI is InChI=1S/C25H40N2O6/c1-18(2)14-20(26-22(29)31-17-19-12-10-9-11-13-19)15-27(23(30)33-25(6,7)8)16-21(28)32-24(3,4)5/h9-13,18,20H,14-17H2,1-8H3,(H,26,29)/t20-/m0/s1. The van der Waals surface area contributed by atoms with Crippen molar-refractivity contribution in [2.45, 2.75) is 85.7 Å². The van der Waals surface area contributed by atoms with Gasteiger partial charge in [0.05, 0.1) is 6.04 Å². The molecule has 0 saturated carbocycles. The van der Waals surface area contributed by atoms with Crippen LogP contribution in [-0.4, -0.2) is 53.4 Å². The Morgan fingerprint density at radius 2 is 1.52 bits per heavy atom. The Kier molecular flexibility index (Phi) is 10.7. The van der Waals surface area contributed by atoms with Crippen molar-refractivity contribution in [2.24, 2.45) is 5.92 Å². The van der Waals surface area contributed by atoms with Crippen LogP contribution in [0.2, 0.25) is 0 Å². The van der Waals surface area contributed by atoms with Crippen LogP contribution in [-0.2, 0) is 25.6 Å². The van der Waals surface area contributed by atoms with Gasteiger partial charge in [0.2, 0.25) is 0 Å². The third-order valence-electron chi connectivity index (χ3n) is 4.12. The summed E-state index contributed by atoms with van der Waals surface area (Å²) in [5, 5.41) is 2.83. The molecule has 186 valence electrons. The van der Waals surface area contributed by atoms with Crippen LogP contribution in [0.5, 0.6) is 0 Å². The lowest BCUT2D eigenvalue weighted by Crippen LogP contribution is -2.49. The highest BCUT2D eigenvalue weighted by Crippen LogP contribution is 2.14. The van der Waals surface area contributed by atoms with Crippen molar-refractivity contribution in [3.8, 4) is 0 Å². The number of nitrogens with zero attached hydrogens (tertiary/aromatic N) is 1. The number of esters is 1. The van der Waals surface area contributed by atoms with Crippen LogP contribution in [0.15, 0.2) is 30.3 Å². The molecule has 0 aliphatic heterocycles. The van der Waals surface area contributed by atoms with Gasteiger partial charge in [-0.05, 0) is 59.4 Å². The van der Waals surface area contributed by atoms with Crippen LogP contribution in [0.1, 0.15) is 67.4 Å². The zero-order valence-corrected chi connectivity index (χ0v) is 21.3. The van der Waals surface area contributed by atoms with Crippen molar-refractivity contribution >= 4 is 18.2 Å². The highest BCUT2D eigenvalue weighted by Gasteiger charge is 2.29. The van der Waals surface area contributed by atoms with Gasteiger partial charge in [-0.1, -0.05) is 44.2 Å². The maximum absolute atomic E-state index is 12.8. The summed E-state index contributed by atoms with van der Waals surface area (Å²) in [6.45, 7) is 14.5. The van der Waals surface area contributed by atoms with Crippen molar-refractivity contribution in [3.05, 3.63) is 35.9 Å². The molecule has 0 aliphatic carbocycles. The number of hydrogen-bond acceptors (Lipinski definition) is 6. The van der Waals surface area contributed by atoms with E-state index in [0.717, 1.165) is 5.56 Å². The van der Waals surface area contributed by atoms with Crippen molar-refractivity contribution in [2.75, 3.05) is 13.1 Å². The smallest absolute Gasteiger partial charge is 0.410 e. The van der Waals surface area contributed by atoms with Crippen LogP contribution in [0.3, 0.4) is 0 Å². The number of hydrogen-bond donors (Lipinski definition) is 1. The zero-order chi connectivity index (χ0) is 25.2. The van der Waals surface area contributed by atoms with Gasteiger partial charge in [0, 0.05) is 6.54 Å². The molecule has 0 spiro atoms.